The van der Waals surface area contributed by atoms with E-state index in [9.17, 15) is 4.79 Å². The number of nitrogens with zero attached hydrogens (tertiary/aromatic N) is 2. The van der Waals surface area contributed by atoms with Crippen LogP contribution < -0.4 is 4.74 Å². The quantitative estimate of drug-likeness (QED) is 0.784. The molecule has 0 unspecified atom stereocenters. The summed E-state index contributed by atoms with van der Waals surface area (Å²) in [6.07, 6.45) is 4.37. The molecule has 2 aromatic rings. The van der Waals surface area contributed by atoms with Crippen molar-refractivity contribution < 1.29 is 9.53 Å². The van der Waals surface area contributed by atoms with Crippen molar-refractivity contribution >= 4 is 5.91 Å². The molecule has 1 aromatic heterocycles. The molecule has 0 saturated heterocycles. The van der Waals surface area contributed by atoms with Crippen LogP contribution in [0.5, 0.6) is 5.75 Å². The number of carbonyl (C=O) groups excluding carboxylic acids is 1. The Morgan fingerprint density at radius 2 is 1.86 bits per heavy atom. The fourth-order valence-corrected chi connectivity index (χ4v) is 2.03. The predicted molar refractivity (Wildman–Crippen MR) is 82.1 cm³/mol. The highest BCUT2D eigenvalue weighted by Gasteiger charge is 2.12. The molecule has 0 atom stereocenters. The molecule has 1 heterocycles. The third-order valence-electron chi connectivity index (χ3n) is 3.26. The predicted octanol–water partition coefficient (Wildman–Crippen LogP) is 2.55. The van der Waals surface area contributed by atoms with Gasteiger partial charge in [0, 0.05) is 25.5 Å². The van der Waals surface area contributed by atoms with E-state index in [4.69, 9.17) is 4.74 Å². The van der Waals surface area contributed by atoms with Gasteiger partial charge in [0.25, 0.3) is 5.91 Å². The number of para-hydroxylation sites is 1. The third kappa shape index (κ3) is 4.91. The van der Waals surface area contributed by atoms with Gasteiger partial charge in [-0.2, -0.15) is 0 Å². The molecular weight excluding hydrogens is 264 g/mol. The minimum absolute atomic E-state index is 0.00964. The summed E-state index contributed by atoms with van der Waals surface area (Å²) in [6.45, 7) is 3.43. The molecule has 21 heavy (non-hydrogen) atoms. The van der Waals surface area contributed by atoms with E-state index in [-0.39, 0.29) is 12.5 Å². The second-order valence-corrected chi connectivity index (χ2v) is 4.68. The van der Waals surface area contributed by atoms with Crippen molar-refractivity contribution in [1.82, 2.24) is 9.88 Å². The van der Waals surface area contributed by atoms with Gasteiger partial charge in [-0.25, -0.2) is 0 Å². The van der Waals surface area contributed by atoms with Crippen LogP contribution >= 0.6 is 0 Å². The van der Waals surface area contributed by atoms with Gasteiger partial charge in [-0.1, -0.05) is 18.2 Å². The molecule has 0 spiro atoms. The van der Waals surface area contributed by atoms with E-state index < -0.39 is 0 Å². The normalized spacial score (nSPS) is 10.1. The van der Waals surface area contributed by atoms with Gasteiger partial charge in [-0.3, -0.25) is 9.78 Å². The molecule has 4 nitrogen and oxygen atoms in total. The molecule has 0 bridgehead atoms. The van der Waals surface area contributed by atoms with Crippen LogP contribution in [-0.2, 0) is 11.2 Å². The zero-order chi connectivity index (χ0) is 14.9. The van der Waals surface area contributed by atoms with E-state index in [0.29, 0.717) is 13.1 Å². The maximum absolute atomic E-state index is 12.2. The number of rotatable bonds is 7. The van der Waals surface area contributed by atoms with Gasteiger partial charge in [0.1, 0.15) is 5.75 Å². The lowest BCUT2D eigenvalue weighted by Crippen LogP contribution is -2.36. The van der Waals surface area contributed by atoms with Crippen LogP contribution in [0.1, 0.15) is 12.5 Å². The zero-order valence-electron chi connectivity index (χ0n) is 12.2. The standard InChI is InChI=1S/C17H20N2O2/c1-2-19(13-10-15-8-11-18-12-9-15)17(20)14-21-16-6-4-3-5-7-16/h3-9,11-12H,2,10,13-14H2,1H3. The molecule has 1 aromatic carbocycles. The van der Waals surface area contributed by atoms with Crippen molar-refractivity contribution in [2.24, 2.45) is 0 Å². The number of hydrogen-bond acceptors (Lipinski definition) is 3. The number of pyridine rings is 1. The van der Waals surface area contributed by atoms with Gasteiger partial charge in [0.15, 0.2) is 6.61 Å². The average molecular weight is 284 g/mol. The van der Waals surface area contributed by atoms with Crippen molar-refractivity contribution in [2.75, 3.05) is 19.7 Å². The Kier molecular flexibility index (Phi) is 5.76. The number of likely N-dealkylation sites (N-methyl/N-ethyl adjacent to an activating group) is 1. The second kappa shape index (κ2) is 8.04. The number of hydrogen-bond donors (Lipinski definition) is 0. The van der Waals surface area contributed by atoms with Crippen LogP contribution in [0, 0.1) is 0 Å². The monoisotopic (exact) mass is 284 g/mol. The second-order valence-electron chi connectivity index (χ2n) is 4.68. The molecule has 1 amide bonds. The van der Waals surface area contributed by atoms with Crippen LogP contribution in [0.3, 0.4) is 0 Å². The number of carbonyl (C=O) groups is 1. The molecule has 0 aliphatic heterocycles. The summed E-state index contributed by atoms with van der Waals surface area (Å²) in [5.41, 5.74) is 1.18. The average Bonchev–Trinajstić information content (AvgIpc) is 2.55. The Balaban J connectivity index is 1.81. The lowest BCUT2D eigenvalue weighted by molar-refractivity contribution is -0.133. The molecule has 110 valence electrons. The van der Waals surface area contributed by atoms with Gasteiger partial charge in [-0.05, 0) is 43.2 Å². The highest BCUT2D eigenvalue weighted by atomic mass is 16.5. The Hall–Kier alpha value is -2.36. The highest BCUT2D eigenvalue weighted by molar-refractivity contribution is 5.77. The number of amides is 1. The Morgan fingerprint density at radius 3 is 2.52 bits per heavy atom. The lowest BCUT2D eigenvalue weighted by Gasteiger charge is -2.21. The van der Waals surface area contributed by atoms with Crippen LogP contribution in [0.25, 0.3) is 0 Å². The Labute approximate surface area is 125 Å². The molecule has 0 aliphatic rings. The zero-order valence-corrected chi connectivity index (χ0v) is 12.2. The summed E-state index contributed by atoms with van der Waals surface area (Å²) in [6, 6.07) is 13.3. The minimum Gasteiger partial charge on any atom is -0.484 e. The maximum atomic E-state index is 12.2. The van der Waals surface area contributed by atoms with Crippen LogP contribution in [-0.4, -0.2) is 35.5 Å². The SMILES string of the molecule is CCN(CCc1ccncc1)C(=O)COc1ccccc1. The summed E-state index contributed by atoms with van der Waals surface area (Å²) < 4.78 is 5.50. The van der Waals surface area contributed by atoms with E-state index >= 15 is 0 Å². The van der Waals surface area contributed by atoms with E-state index in [0.717, 1.165) is 12.2 Å². The van der Waals surface area contributed by atoms with Crippen LogP contribution in [0.15, 0.2) is 54.9 Å². The summed E-state index contributed by atoms with van der Waals surface area (Å²) >= 11 is 0. The Morgan fingerprint density at radius 1 is 1.14 bits per heavy atom. The van der Waals surface area contributed by atoms with E-state index in [1.54, 1.807) is 12.4 Å². The number of benzene rings is 1. The van der Waals surface area contributed by atoms with Crippen molar-refractivity contribution in [3.05, 3.63) is 60.4 Å². The van der Waals surface area contributed by atoms with E-state index in [2.05, 4.69) is 4.98 Å². The topological polar surface area (TPSA) is 42.4 Å². The minimum atomic E-state index is 0.00964. The number of ether oxygens (including phenoxy) is 1. The van der Waals surface area contributed by atoms with Crippen molar-refractivity contribution in [3.8, 4) is 5.75 Å². The maximum Gasteiger partial charge on any atom is 0.260 e. The third-order valence-corrected chi connectivity index (χ3v) is 3.26. The largest absolute Gasteiger partial charge is 0.484 e. The summed E-state index contributed by atoms with van der Waals surface area (Å²) in [5.74, 6) is 0.728. The number of aromatic nitrogens is 1. The fraction of sp³-hybridized carbons (Fsp3) is 0.294. The first-order valence-corrected chi connectivity index (χ1v) is 7.14. The molecule has 4 heteroatoms. The van der Waals surface area contributed by atoms with Crippen molar-refractivity contribution in [3.63, 3.8) is 0 Å². The van der Waals surface area contributed by atoms with Gasteiger partial charge >= 0.3 is 0 Å². The fourth-order valence-electron chi connectivity index (χ4n) is 2.03. The molecule has 0 saturated carbocycles. The smallest absolute Gasteiger partial charge is 0.260 e. The summed E-state index contributed by atoms with van der Waals surface area (Å²) in [7, 11) is 0. The van der Waals surface area contributed by atoms with E-state index in [1.807, 2.05) is 54.3 Å². The van der Waals surface area contributed by atoms with Crippen LogP contribution in [0.2, 0.25) is 0 Å². The molecular formula is C17H20N2O2. The summed E-state index contributed by atoms with van der Waals surface area (Å²) in [5, 5.41) is 0. The van der Waals surface area contributed by atoms with Gasteiger partial charge < -0.3 is 9.64 Å². The molecule has 0 N–H and O–H groups in total. The molecule has 0 radical (unpaired) electrons. The van der Waals surface area contributed by atoms with Crippen molar-refractivity contribution in [1.29, 1.82) is 0 Å². The first-order valence-electron chi connectivity index (χ1n) is 7.14. The molecule has 0 fully saturated rings. The van der Waals surface area contributed by atoms with Gasteiger partial charge in [0.05, 0.1) is 0 Å². The van der Waals surface area contributed by atoms with E-state index in [1.165, 1.54) is 5.56 Å². The first kappa shape index (κ1) is 15.0. The van der Waals surface area contributed by atoms with Gasteiger partial charge in [0.2, 0.25) is 0 Å². The highest BCUT2D eigenvalue weighted by Crippen LogP contribution is 2.08. The molecule has 2 rings (SSSR count). The van der Waals surface area contributed by atoms with Crippen molar-refractivity contribution in [2.45, 2.75) is 13.3 Å². The Bertz CT molecular complexity index is 543. The molecule has 0 aliphatic carbocycles. The first-order chi connectivity index (χ1) is 10.3. The lowest BCUT2D eigenvalue weighted by atomic mass is 10.2. The van der Waals surface area contributed by atoms with Gasteiger partial charge in [-0.15, -0.1) is 0 Å². The summed E-state index contributed by atoms with van der Waals surface area (Å²) in [4.78, 5) is 18.0. The van der Waals surface area contributed by atoms with Crippen LogP contribution in [0.4, 0.5) is 0 Å².